The molecule has 0 fully saturated rings. The van der Waals surface area contributed by atoms with Crippen molar-refractivity contribution in [2.24, 2.45) is 0 Å². The van der Waals surface area contributed by atoms with Gasteiger partial charge < -0.3 is 0 Å². The lowest BCUT2D eigenvalue weighted by Gasteiger charge is -2.24. The number of hydrogen-bond acceptors (Lipinski definition) is 1. The molecule has 0 aromatic carbocycles. The summed E-state index contributed by atoms with van der Waals surface area (Å²) in [5.41, 5.74) is 0.856. The van der Waals surface area contributed by atoms with Crippen LogP contribution in [0.5, 0.6) is 0 Å². The molecule has 1 nitrogen and oxygen atoms in total. The van der Waals surface area contributed by atoms with E-state index in [0.717, 1.165) is 26.3 Å². The van der Waals surface area contributed by atoms with Crippen LogP contribution in [-0.2, 0) is 11.2 Å². The van der Waals surface area contributed by atoms with Crippen molar-refractivity contribution in [2.75, 3.05) is 0 Å². The second kappa shape index (κ2) is 4.52. The molecule has 88 valence electrons. The van der Waals surface area contributed by atoms with Crippen molar-refractivity contribution < 1.29 is 8.78 Å². The van der Waals surface area contributed by atoms with Gasteiger partial charge >= 0.3 is 0 Å². The van der Waals surface area contributed by atoms with E-state index in [-0.39, 0.29) is 11.1 Å². The topological polar surface area (TPSA) is 12.9 Å². The Bertz CT molecular complexity index is 341. The molecule has 1 aromatic heterocycles. The van der Waals surface area contributed by atoms with Crippen molar-refractivity contribution in [1.29, 1.82) is 0 Å². The third-order valence-electron chi connectivity index (χ3n) is 2.87. The minimum absolute atomic E-state index is 0.00328. The summed E-state index contributed by atoms with van der Waals surface area (Å²) in [5.74, 6) is -2.85. The summed E-state index contributed by atoms with van der Waals surface area (Å²) in [6.45, 7) is 6.33. The summed E-state index contributed by atoms with van der Waals surface area (Å²) in [4.78, 5) is 3.85. The second-order valence-corrected chi connectivity index (χ2v) is 4.95. The maximum Gasteiger partial charge on any atom is 0.247 e. The fourth-order valence-corrected chi connectivity index (χ4v) is 1.82. The Labute approximate surface area is 96.7 Å². The summed E-state index contributed by atoms with van der Waals surface area (Å²) in [6, 6.07) is 3.18. The number of hydrogen-bond donors (Lipinski definition) is 0. The van der Waals surface area contributed by atoms with Crippen LogP contribution in [0.25, 0.3) is 0 Å². The molecule has 0 N–H and O–H groups in total. The highest BCUT2D eigenvalue weighted by atomic mass is 19.3. The Kier molecular flexibility index (Phi) is 3.71. The number of pyridine rings is 1. The van der Waals surface area contributed by atoms with Crippen molar-refractivity contribution >= 4 is 7.85 Å². The lowest BCUT2D eigenvalue weighted by atomic mass is 9.81. The molecule has 0 atom stereocenters. The minimum atomic E-state index is -2.85. The first-order valence-corrected chi connectivity index (χ1v) is 5.62. The van der Waals surface area contributed by atoms with Crippen molar-refractivity contribution in [1.82, 2.24) is 4.98 Å². The van der Waals surface area contributed by atoms with Crippen LogP contribution in [0.3, 0.4) is 0 Å². The van der Waals surface area contributed by atoms with Crippen LogP contribution < -0.4 is 0 Å². The molecule has 0 aliphatic heterocycles. The highest BCUT2D eigenvalue weighted by molar-refractivity contribution is 6.13. The van der Waals surface area contributed by atoms with Gasteiger partial charge in [-0.15, -0.1) is 0 Å². The van der Waals surface area contributed by atoms with Gasteiger partial charge in [-0.25, -0.2) is 8.78 Å². The third-order valence-corrected chi connectivity index (χ3v) is 2.87. The smallest absolute Gasteiger partial charge is 0.247 e. The Morgan fingerprint density at radius 2 is 1.94 bits per heavy atom. The van der Waals surface area contributed by atoms with Gasteiger partial charge in [0.05, 0.1) is 5.69 Å². The van der Waals surface area contributed by atoms with Gasteiger partial charge in [0.25, 0.3) is 0 Å². The molecule has 0 radical (unpaired) electrons. The van der Waals surface area contributed by atoms with E-state index >= 15 is 0 Å². The summed E-state index contributed by atoms with van der Waals surface area (Å²) in [6.07, 6.45) is 3.66. The van der Waals surface area contributed by atoms with Crippen LogP contribution in [0.2, 0.25) is 0 Å². The second-order valence-electron chi connectivity index (χ2n) is 4.95. The van der Waals surface area contributed by atoms with Crippen LogP contribution in [0.4, 0.5) is 8.78 Å². The van der Waals surface area contributed by atoms with Gasteiger partial charge in [0.2, 0.25) is 13.7 Å². The molecular weight excluding hydrogens is 207 g/mol. The zero-order valence-electron chi connectivity index (χ0n) is 10.3. The number of nitrogens with zero attached hydrogens (tertiary/aromatic N) is 1. The van der Waals surface area contributed by atoms with Gasteiger partial charge in [-0.2, -0.15) is 0 Å². The molecule has 0 unspecified atom stereocenters. The molecule has 0 aliphatic rings. The van der Waals surface area contributed by atoms with Gasteiger partial charge in [-0.3, -0.25) is 4.98 Å². The van der Waals surface area contributed by atoms with Crippen LogP contribution in [0.15, 0.2) is 18.3 Å². The standard InChI is InChI=1S/C12H18BF2N/c1-4-7-11(2,3)9-5-6-10(16-8-9)12(13,14)15/h5-6,8H,4,7,13H2,1-3H3. The van der Waals surface area contributed by atoms with Crippen molar-refractivity contribution in [3.63, 3.8) is 0 Å². The van der Waals surface area contributed by atoms with E-state index in [4.69, 9.17) is 0 Å². The predicted octanol–water partition coefficient (Wildman–Crippen LogP) is 2.84. The number of rotatable bonds is 4. The Balaban J connectivity index is 2.95. The maximum absolute atomic E-state index is 13.0. The Morgan fingerprint density at radius 3 is 2.31 bits per heavy atom. The third kappa shape index (κ3) is 3.03. The van der Waals surface area contributed by atoms with E-state index in [2.05, 4.69) is 25.8 Å². The molecule has 4 heteroatoms. The molecule has 0 bridgehead atoms. The van der Waals surface area contributed by atoms with Crippen molar-refractivity contribution in [3.8, 4) is 0 Å². The van der Waals surface area contributed by atoms with E-state index in [1.54, 1.807) is 12.3 Å². The Morgan fingerprint density at radius 1 is 1.31 bits per heavy atom. The van der Waals surface area contributed by atoms with Gasteiger partial charge in [-0.1, -0.05) is 33.3 Å². The molecule has 0 spiro atoms. The average molecular weight is 225 g/mol. The van der Waals surface area contributed by atoms with Gasteiger partial charge in [-0.05, 0) is 23.5 Å². The first kappa shape index (κ1) is 13.1. The molecule has 1 rings (SSSR count). The van der Waals surface area contributed by atoms with Gasteiger partial charge in [0, 0.05) is 6.20 Å². The number of halogens is 2. The van der Waals surface area contributed by atoms with E-state index in [1.807, 2.05) is 0 Å². The monoisotopic (exact) mass is 225 g/mol. The normalized spacial score (nSPS) is 12.8. The van der Waals surface area contributed by atoms with E-state index in [0.29, 0.717) is 0 Å². The van der Waals surface area contributed by atoms with Crippen molar-refractivity contribution in [2.45, 2.75) is 44.8 Å². The van der Waals surface area contributed by atoms with Crippen LogP contribution >= 0.6 is 0 Å². The average Bonchev–Trinajstić information content (AvgIpc) is 2.16. The summed E-state index contributed by atoms with van der Waals surface area (Å²) < 4.78 is 25.9. The van der Waals surface area contributed by atoms with Crippen LogP contribution in [0.1, 0.15) is 44.9 Å². The molecule has 0 saturated heterocycles. The van der Waals surface area contributed by atoms with E-state index < -0.39 is 5.82 Å². The zero-order chi connectivity index (χ0) is 12.4. The predicted molar refractivity (Wildman–Crippen MR) is 64.6 cm³/mol. The zero-order valence-corrected chi connectivity index (χ0v) is 10.3. The summed E-state index contributed by atoms with van der Waals surface area (Å²) >= 11 is 0. The molecule has 1 aromatic rings. The van der Waals surface area contributed by atoms with Gasteiger partial charge in [0.1, 0.15) is 0 Å². The molecule has 0 amide bonds. The lowest BCUT2D eigenvalue weighted by molar-refractivity contribution is 0.0889. The van der Waals surface area contributed by atoms with E-state index in [1.165, 1.54) is 6.07 Å². The lowest BCUT2D eigenvalue weighted by Crippen LogP contribution is -2.19. The molecule has 0 saturated carbocycles. The van der Waals surface area contributed by atoms with Crippen LogP contribution in [0, 0.1) is 0 Å². The molecule has 0 aliphatic carbocycles. The summed E-state index contributed by atoms with van der Waals surface area (Å²) in [7, 11) is 0.867. The maximum atomic E-state index is 13.0. The minimum Gasteiger partial charge on any atom is -0.256 e. The largest absolute Gasteiger partial charge is 0.256 e. The summed E-state index contributed by atoms with van der Waals surface area (Å²) in [5, 5.41) is 0. The SMILES string of the molecule is BC(F)(F)c1ccc(C(C)(C)CCC)cn1. The first-order chi connectivity index (χ1) is 7.27. The highest BCUT2D eigenvalue weighted by Crippen LogP contribution is 2.29. The Hall–Kier alpha value is -0.925. The fourth-order valence-electron chi connectivity index (χ4n) is 1.82. The fraction of sp³-hybridized carbons (Fsp3) is 0.583. The first-order valence-electron chi connectivity index (χ1n) is 5.62. The number of aromatic nitrogens is 1. The highest BCUT2D eigenvalue weighted by Gasteiger charge is 2.27. The van der Waals surface area contributed by atoms with Crippen molar-refractivity contribution in [3.05, 3.63) is 29.6 Å². The van der Waals surface area contributed by atoms with E-state index in [9.17, 15) is 8.78 Å². The van der Waals surface area contributed by atoms with Crippen LogP contribution in [-0.4, -0.2) is 12.8 Å². The van der Waals surface area contributed by atoms with Gasteiger partial charge in [0.15, 0.2) is 0 Å². The molecular formula is C12H18BF2N. The number of alkyl halides is 2. The quantitative estimate of drug-likeness (QED) is 0.718. The molecule has 1 heterocycles. The molecule has 16 heavy (non-hydrogen) atoms.